The lowest BCUT2D eigenvalue weighted by molar-refractivity contribution is -0.164. The zero-order chi connectivity index (χ0) is 17.6. The molecule has 5 rings (SSSR count). The second-order valence-corrected chi connectivity index (χ2v) is 8.65. The Morgan fingerprint density at radius 3 is 2.36 bits per heavy atom. The monoisotopic (exact) mass is 409 g/mol. The highest BCUT2D eigenvalue weighted by atomic mass is 79.9. The number of hydrogen-bond donors (Lipinski definition) is 1. The SMILES string of the molecule is O=C(COC(=O)C1C2CC3CC(C2)CC1C3)Nc1ccc(Br)cc1F. The summed E-state index contributed by atoms with van der Waals surface area (Å²) in [5.41, 5.74) is 0.0823. The molecule has 0 heterocycles. The lowest BCUT2D eigenvalue weighted by Crippen LogP contribution is -2.48. The molecule has 1 aromatic rings. The number of ether oxygens (including phenoxy) is 1. The first-order valence-corrected chi connectivity index (χ1v) is 9.70. The summed E-state index contributed by atoms with van der Waals surface area (Å²) >= 11 is 3.17. The molecule has 1 N–H and O–H groups in total. The van der Waals surface area contributed by atoms with E-state index in [2.05, 4.69) is 21.2 Å². The van der Waals surface area contributed by atoms with Crippen molar-refractivity contribution in [3.8, 4) is 0 Å². The van der Waals surface area contributed by atoms with Crippen molar-refractivity contribution < 1.29 is 18.7 Å². The Hall–Kier alpha value is -1.43. The largest absolute Gasteiger partial charge is 0.455 e. The van der Waals surface area contributed by atoms with Crippen LogP contribution in [0.15, 0.2) is 22.7 Å². The van der Waals surface area contributed by atoms with Crippen molar-refractivity contribution in [3.63, 3.8) is 0 Å². The van der Waals surface area contributed by atoms with Gasteiger partial charge in [-0.1, -0.05) is 15.9 Å². The maximum Gasteiger partial charge on any atom is 0.310 e. The number of rotatable bonds is 4. The molecule has 134 valence electrons. The number of nitrogens with one attached hydrogen (secondary N) is 1. The number of carbonyl (C=O) groups excluding carboxylic acids is 2. The molecule has 0 aliphatic heterocycles. The van der Waals surface area contributed by atoms with E-state index in [-0.39, 0.29) is 24.2 Å². The van der Waals surface area contributed by atoms with Gasteiger partial charge in [-0.25, -0.2) is 4.39 Å². The highest BCUT2D eigenvalue weighted by Crippen LogP contribution is 2.56. The first-order chi connectivity index (χ1) is 12.0. The maximum absolute atomic E-state index is 13.7. The Morgan fingerprint density at radius 2 is 1.76 bits per heavy atom. The summed E-state index contributed by atoms with van der Waals surface area (Å²) in [6, 6.07) is 4.38. The van der Waals surface area contributed by atoms with Crippen LogP contribution in [0.5, 0.6) is 0 Å². The van der Waals surface area contributed by atoms with E-state index in [0.717, 1.165) is 37.5 Å². The Kier molecular flexibility index (Phi) is 4.56. The van der Waals surface area contributed by atoms with Gasteiger partial charge in [-0.15, -0.1) is 0 Å². The summed E-state index contributed by atoms with van der Waals surface area (Å²) in [4.78, 5) is 24.5. The Bertz CT molecular complexity index is 680. The number of anilines is 1. The number of hydrogen-bond acceptors (Lipinski definition) is 3. The molecule has 4 saturated carbocycles. The maximum atomic E-state index is 13.7. The van der Waals surface area contributed by atoms with E-state index < -0.39 is 11.7 Å². The number of halogens is 2. The molecule has 0 aromatic heterocycles. The van der Waals surface area contributed by atoms with Gasteiger partial charge in [0.05, 0.1) is 11.6 Å². The molecule has 0 unspecified atom stereocenters. The highest BCUT2D eigenvalue weighted by molar-refractivity contribution is 9.10. The Morgan fingerprint density at radius 1 is 1.12 bits per heavy atom. The van der Waals surface area contributed by atoms with Crippen LogP contribution in [0.4, 0.5) is 10.1 Å². The molecule has 4 nitrogen and oxygen atoms in total. The van der Waals surface area contributed by atoms with E-state index in [1.165, 1.54) is 18.6 Å². The van der Waals surface area contributed by atoms with E-state index in [1.807, 2.05) is 0 Å². The summed E-state index contributed by atoms with van der Waals surface area (Å²) in [5.74, 6) is 1.08. The minimum absolute atomic E-state index is 0.0509. The van der Waals surface area contributed by atoms with Crippen LogP contribution in [0.1, 0.15) is 32.1 Å². The summed E-state index contributed by atoms with van der Waals surface area (Å²) in [6.07, 6.45) is 5.84. The number of amides is 1. The predicted molar refractivity (Wildman–Crippen MR) is 94.2 cm³/mol. The zero-order valence-corrected chi connectivity index (χ0v) is 15.4. The predicted octanol–water partition coefficient (Wildman–Crippen LogP) is 4.14. The lowest BCUT2D eigenvalue weighted by atomic mass is 9.52. The van der Waals surface area contributed by atoms with Crippen molar-refractivity contribution >= 4 is 33.5 Å². The van der Waals surface area contributed by atoms with E-state index in [4.69, 9.17) is 4.74 Å². The first-order valence-electron chi connectivity index (χ1n) is 8.91. The fraction of sp³-hybridized carbons (Fsp3) is 0.579. The van der Waals surface area contributed by atoms with E-state index in [0.29, 0.717) is 16.3 Å². The van der Waals surface area contributed by atoms with Gasteiger partial charge in [-0.05, 0) is 74.0 Å². The van der Waals surface area contributed by atoms with Crippen molar-refractivity contribution in [1.29, 1.82) is 0 Å². The van der Waals surface area contributed by atoms with Crippen LogP contribution in [0.25, 0.3) is 0 Å². The molecule has 6 heteroatoms. The molecule has 4 bridgehead atoms. The van der Waals surface area contributed by atoms with Crippen molar-refractivity contribution in [1.82, 2.24) is 0 Å². The number of esters is 1. The highest BCUT2D eigenvalue weighted by Gasteiger charge is 2.51. The summed E-state index contributed by atoms with van der Waals surface area (Å²) in [5, 5.41) is 2.45. The molecule has 4 aliphatic rings. The molecule has 4 fully saturated rings. The third kappa shape index (κ3) is 3.46. The van der Waals surface area contributed by atoms with E-state index in [1.54, 1.807) is 6.07 Å². The van der Waals surface area contributed by atoms with E-state index >= 15 is 0 Å². The normalized spacial score (nSPS) is 32.5. The minimum Gasteiger partial charge on any atom is -0.455 e. The van der Waals surface area contributed by atoms with Gasteiger partial charge < -0.3 is 10.1 Å². The van der Waals surface area contributed by atoms with Gasteiger partial charge in [0.2, 0.25) is 0 Å². The van der Waals surface area contributed by atoms with Crippen LogP contribution >= 0.6 is 15.9 Å². The molecular formula is C19H21BrFNO3. The van der Waals surface area contributed by atoms with Crippen LogP contribution in [0, 0.1) is 35.4 Å². The van der Waals surface area contributed by atoms with Crippen molar-refractivity contribution in [2.75, 3.05) is 11.9 Å². The van der Waals surface area contributed by atoms with Crippen LogP contribution in [0.3, 0.4) is 0 Å². The Labute approximate surface area is 154 Å². The smallest absolute Gasteiger partial charge is 0.310 e. The average molecular weight is 410 g/mol. The second kappa shape index (κ2) is 6.71. The topological polar surface area (TPSA) is 55.4 Å². The van der Waals surface area contributed by atoms with Crippen LogP contribution in [-0.4, -0.2) is 18.5 Å². The number of benzene rings is 1. The molecule has 1 aromatic carbocycles. The molecule has 25 heavy (non-hydrogen) atoms. The molecule has 4 aliphatic carbocycles. The molecule has 0 atom stereocenters. The minimum atomic E-state index is -0.532. The quantitative estimate of drug-likeness (QED) is 0.760. The first kappa shape index (κ1) is 17.0. The van der Waals surface area contributed by atoms with Crippen LogP contribution < -0.4 is 5.32 Å². The van der Waals surface area contributed by atoms with Crippen LogP contribution in [0.2, 0.25) is 0 Å². The zero-order valence-electron chi connectivity index (χ0n) is 13.8. The van der Waals surface area contributed by atoms with Gasteiger partial charge in [-0.3, -0.25) is 9.59 Å². The van der Waals surface area contributed by atoms with Gasteiger partial charge in [0, 0.05) is 4.47 Å². The van der Waals surface area contributed by atoms with Crippen molar-refractivity contribution in [2.24, 2.45) is 29.6 Å². The van der Waals surface area contributed by atoms with Gasteiger partial charge >= 0.3 is 5.97 Å². The third-order valence-corrected chi connectivity index (χ3v) is 6.54. The van der Waals surface area contributed by atoms with Gasteiger partial charge in [0.25, 0.3) is 5.91 Å². The fourth-order valence-corrected chi connectivity index (χ4v) is 5.65. The van der Waals surface area contributed by atoms with Crippen molar-refractivity contribution in [3.05, 3.63) is 28.5 Å². The second-order valence-electron chi connectivity index (χ2n) is 7.74. The van der Waals surface area contributed by atoms with Gasteiger partial charge in [-0.2, -0.15) is 0 Å². The lowest BCUT2D eigenvalue weighted by Gasteiger charge is -2.53. The summed E-state index contributed by atoms with van der Waals surface area (Å²) in [7, 11) is 0. The summed E-state index contributed by atoms with van der Waals surface area (Å²) in [6.45, 7) is -0.364. The standard InChI is InChI=1S/C19H21BrFNO3/c20-14-1-2-16(15(21)8-14)22-17(23)9-25-19(24)18-12-4-10-3-11(6-12)7-13(18)5-10/h1-2,8,10-13,18H,3-7,9H2,(H,22,23). The molecule has 0 saturated heterocycles. The fourth-order valence-electron chi connectivity index (χ4n) is 5.32. The summed E-state index contributed by atoms with van der Waals surface area (Å²) < 4.78 is 19.6. The third-order valence-electron chi connectivity index (χ3n) is 6.05. The molecule has 1 amide bonds. The van der Waals surface area contributed by atoms with Crippen LogP contribution in [-0.2, 0) is 14.3 Å². The van der Waals surface area contributed by atoms with Crippen molar-refractivity contribution in [2.45, 2.75) is 32.1 Å². The Balaban J connectivity index is 1.32. The van der Waals surface area contributed by atoms with E-state index in [9.17, 15) is 14.0 Å². The molecular weight excluding hydrogens is 389 g/mol. The van der Waals surface area contributed by atoms with Gasteiger partial charge in [0.15, 0.2) is 6.61 Å². The van der Waals surface area contributed by atoms with Gasteiger partial charge in [0.1, 0.15) is 5.82 Å². The molecule has 0 radical (unpaired) electrons. The average Bonchev–Trinajstić information content (AvgIpc) is 2.54. The molecule has 0 spiro atoms. The number of carbonyl (C=O) groups is 2.